The molecule has 0 heterocycles. The quantitative estimate of drug-likeness (QED) is 0.548. The van der Waals surface area contributed by atoms with E-state index in [1.807, 2.05) is 13.8 Å². The maximum atomic E-state index is 9.96. The van der Waals surface area contributed by atoms with E-state index in [1.165, 1.54) is 12.8 Å². The molecule has 1 aromatic carbocycles. The number of hydrogen-bond acceptors (Lipinski definition) is 3. The number of phenolic OH excluding ortho intramolecular Hbond substituents is 2. The average molecular weight is 266 g/mol. The van der Waals surface area contributed by atoms with E-state index in [0.29, 0.717) is 12.4 Å². The fourth-order valence-corrected chi connectivity index (χ4v) is 2.29. The lowest BCUT2D eigenvalue weighted by atomic mass is 10.0. The molecule has 0 aliphatic carbocycles. The average Bonchev–Trinajstić information content (AvgIpc) is 2.42. The number of rotatable bonds is 8. The molecule has 0 saturated heterocycles. The molecule has 2 N–H and O–H groups in total. The predicted molar refractivity (Wildman–Crippen MR) is 78.2 cm³/mol. The van der Waals surface area contributed by atoms with Crippen molar-refractivity contribution in [3.05, 3.63) is 17.2 Å². The molecule has 0 spiro atoms. The van der Waals surface area contributed by atoms with E-state index in [9.17, 15) is 10.2 Å². The van der Waals surface area contributed by atoms with Crippen molar-refractivity contribution in [3.63, 3.8) is 0 Å². The predicted octanol–water partition coefficient (Wildman–Crippen LogP) is 4.18. The van der Waals surface area contributed by atoms with Gasteiger partial charge in [0.1, 0.15) is 0 Å². The van der Waals surface area contributed by atoms with Gasteiger partial charge in [0.15, 0.2) is 11.5 Å². The summed E-state index contributed by atoms with van der Waals surface area (Å²) in [7, 11) is 0. The highest BCUT2D eigenvalue weighted by Crippen LogP contribution is 2.41. The van der Waals surface area contributed by atoms with Gasteiger partial charge in [-0.05, 0) is 30.9 Å². The van der Waals surface area contributed by atoms with Crippen molar-refractivity contribution in [2.24, 2.45) is 0 Å². The maximum Gasteiger partial charge on any atom is 0.200 e. The molecule has 108 valence electrons. The zero-order valence-electron chi connectivity index (χ0n) is 12.3. The topological polar surface area (TPSA) is 49.7 Å². The van der Waals surface area contributed by atoms with Crippen LogP contribution in [-0.2, 0) is 12.8 Å². The van der Waals surface area contributed by atoms with E-state index in [4.69, 9.17) is 4.74 Å². The molecule has 3 nitrogen and oxygen atoms in total. The summed E-state index contributed by atoms with van der Waals surface area (Å²) in [6.07, 6.45) is 6.13. The van der Waals surface area contributed by atoms with Crippen LogP contribution in [0.25, 0.3) is 0 Å². The van der Waals surface area contributed by atoms with Crippen molar-refractivity contribution in [2.45, 2.75) is 59.3 Å². The lowest BCUT2D eigenvalue weighted by Gasteiger charge is -2.16. The van der Waals surface area contributed by atoms with E-state index in [2.05, 4.69) is 6.92 Å². The Hall–Kier alpha value is -1.38. The van der Waals surface area contributed by atoms with Gasteiger partial charge in [-0.2, -0.15) is 0 Å². The first-order chi connectivity index (χ1) is 9.15. The van der Waals surface area contributed by atoms with Crippen LogP contribution in [0.3, 0.4) is 0 Å². The summed E-state index contributed by atoms with van der Waals surface area (Å²) in [5.74, 6) is 0.262. The Bertz CT molecular complexity index is 399. The summed E-state index contributed by atoms with van der Waals surface area (Å²) < 4.78 is 5.72. The third-order valence-electron chi connectivity index (χ3n) is 3.41. The summed E-state index contributed by atoms with van der Waals surface area (Å²) in [5.41, 5.74) is 2.05. The molecule has 0 saturated carbocycles. The van der Waals surface area contributed by atoms with Crippen molar-refractivity contribution >= 4 is 0 Å². The number of unbranched alkanes of at least 4 members (excludes halogenated alkanes) is 3. The Labute approximate surface area is 116 Å². The third kappa shape index (κ3) is 4.05. The van der Waals surface area contributed by atoms with Gasteiger partial charge in [0, 0.05) is 5.56 Å². The minimum Gasteiger partial charge on any atom is -0.504 e. The standard InChI is InChI=1S/C16H26O3/c1-4-7-8-9-10-19-16-13(6-3)12(5-2)11-14(17)15(16)18/h11,17-18H,4-10H2,1-3H3. The number of hydrogen-bond donors (Lipinski definition) is 2. The Balaban J connectivity index is 2.82. The largest absolute Gasteiger partial charge is 0.504 e. The van der Waals surface area contributed by atoms with Crippen LogP contribution in [0, 0.1) is 0 Å². The molecule has 0 radical (unpaired) electrons. The highest BCUT2D eigenvalue weighted by Gasteiger charge is 2.16. The molecule has 1 rings (SSSR count). The van der Waals surface area contributed by atoms with Crippen LogP contribution < -0.4 is 4.74 Å². The van der Waals surface area contributed by atoms with Crippen LogP contribution >= 0.6 is 0 Å². The number of aryl methyl sites for hydroxylation is 1. The van der Waals surface area contributed by atoms with E-state index < -0.39 is 0 Å². The second-order valence-corrected chi connectivity index (χ2v) is 4.83. The van der Waals surface area contributed by atoms with Crippen LogP contribution in [0.4, 0.5) is 0 Å². The van der Waals surface area contributed by atoms with Gasteiger partial charge in [-0.25, -0.2) is 0 Å². The van der Waals surface area contributed by atoms with Gasteiger partial charge in [0.05, 0.1) is 6.61 Å². The van der Waals surface area contributed by atoms with Gasteiger partial charge < -0.3 is 14.9 Å². The van der Waals surface area contributed by atoms with E-state index in [-0.39, 0.29) is 11.5 Å². The first-order valence-corrected chi connectivity index (χ1v) is 7.35. The summed E-state index contributed by atoms with van der Waals surface area (Å²) in [6, 6.07) is 1.64. The van der Waals surface area contributed by atoms with Crippen LogP contribution in [-0.4, -0.2) is 16.8 Å². The molecule has 0 bridgehead atoms. The molecule has 19 heavy (non-hydrogen) atoms. The van der Waals surface area contributed by atoms with Crippen LogP contribution in [0.15, 0.2) is 6.07 Å². The highest BCUT2D eigenvalue weighted by atomic mass is 16.5. The van der Waals surface area contributed by atoms with Crippen LogP contribution in [0.2, 0.25) is 0 Å². The van der Waals surface area contributed by atoms with Crippen molar-refractivity contribution in [1.29, 1.82) is 0 Å². The summed E-state index contributed by atoms with van der Waals surface area (Å²) in [5, 5.41) is 19.7. The highest BCUT2D eigenvalue weighted by molar-refractivity contribution is 5.57. The number of ether oxygens (including phenoxy) is 1. The SMILES string of the molecule is CCCCCCOc1c(O)c(O)cc(CC)c1CC. The summed E-state index contributed by atoms with van der Waals surface area (Å²) >= 11 is 0. The monoisotopic (exact) mass is 266 g/mol. The second-order valence-electron chi connectivity index (χ2n) is 4.83. The number of phenols is 2. The molecule has 1 aromatic rings. The smallest absolute Gasteiger partial charge is 0.200 e. The van der Waals surface area contributed by atoms with Crippen molar-refractivity contribution in [1.82, 2.24) is 0 Å². The molecule has 0 amide bonds. The molecule has 0 aliphatic heterocycles. The van der Waals surface area contributed by atoms with Crippen LogP contribution in [0.1, 0.15) is 57.6 Å². The first-order valence-electron chi connectivity index (χ1n) is 7.35. The van der Waals surface area contributed by atoms with Gasteiger partial charge in [-0.1, -0.05) is 40.0 Å². The lowest BCUT2D eigenvalue weighted by molar-refractivity contribution is 0.280. The first kappa shape index (κ1) is 15.7. The molecule has 0 fully saturated rings. The summed E-state index contributed by atoms with van der Waals surface area (Å²) in [4.78, 5) is 0. The Morgan fingerprint density at radius 1 is 1.00 bits per heavy atom. The van der Waals surface area contributed by atoms with E-state index >= 15 is 0 Å². The van der Waals surface area contributed by atoms with Gasteiger partial charge >= 0.3 is 0 Å². The Kier molecular flexibility index (Phi) is 6.54. The Morgan fingerprint density at radius 2 is 1.74 bits per heavy atom. The minimum atomic E-state index is -0.121. The minimum absolute atomic E-state index is 0.0855. The van der Waals surface area contributed by atoms with E-state index in [0.717, 1.165) is 36.8 Å². The van der Waals surface area contributed by atoms with Gasteiger partial charge in [0.2, 0.25) is 5.75 Å². The fourth-order valence-electron chi connectivity index (χ4n) is 2.29. The van der Waals surface area contributed by atoms with Gasteiger partial charge in [0.25, 0.3) is 0 Å². The number of aromatic hydroxyl groups is 2. The van der Waals surface area contributed by atoms with Crippen molar-refractivity contribution in [3.8, 4) is 17.2 Å². The molecular formula is C16H26O3. The zero-order chi connectivity index (χ0) is 14.3. The normalized spacial score (nSPS) is 10.7. The maximum absolute atomic E-state index is 9.96. The fraction of sp³-hybridized carbons (Fsp3) is 0.625. The van der Waals surface area contributed by atoms with Gasteiger partial charge in [-0.3, -0.25) is 0 Å². The molecule has 0 aliphatic rings. The third-order valence-corrected chi connectivity index (χ3v) is 3.41. The van der Waals surface area contributed by atoms with Crippen LogP contribution in [0.5, 0.6) is 17.2 Å². The van der Waals surface area contributed by atoms with Crippen molar-refractivity contribution in [2.75, 3.05) is 6.61 Å². The molecule has 0 unspecified atom stereocenters. The Morgan fingerprint density at radius 3 is 2.32 bits per heavy atom. The van der Waals surface area contributed by atoms with E-state index in [1.54, 1.807) is 6.07 Å². The number of benzene rings is 1. The molecule has 3 heteroatoms. The zero-order valence-corrected chi connectivity index (χ0v) is 12.3. The molecule has 0 aromatic heterocycles. The molecule has 0 atom stereocenters. The second kappa shape index (κ2) is 7.93. The van der Waals surface area contributed by atoms with Crippen molar-refractivity contribution < 1.29 is 14.9 Å². The molecular weight excluding hydrogens is 240 g/mol. The lowest BCUT2D eigenvalue weighted by Crippen LogP contribution is -2.03. The summed E-state index contributed by atoms with van der Waals surface area (Å²) in [6.45, 7) is 6.84. The van der Waals surface area contributed by atoms with Gasteiger partial charge in [-0.15, -0.1) is 0 Å².